The van der Waals surface area contributed by atoms with Gasteiger partial charge in [-0.2, -0.15) is 5.26 Å². The minimum absolute atomic E-state index is 0.0102. The molecule has 1 unspecified atom stereocenters. The van der Waals surface area contributed by atoms with Crippen molar-refractivity contribution in [2.75, 3.05) is 0 Å². The first kappa shape index (κ1) is 18.4. The first-order valence-electron chi connectivity index (χ1n) is 8.93. The number of phenolic OH excluding ortho intramolecular Hbond substituents is 1. The molecule has 0 spiro atoms. The van der Waals surface area contributed by atoms with Crippen LogP contribution in [0.5, 0.6) is 17.2 Å². The Morgan fingerprint density at radius 2 is 1.83 bits per heavy atom. The van der Waals surface area contributed by atoms with Crippen molar-refractivity contribution in [2.24, 2.45) is 5.73 Å². The van der Waals surface area contributed by atoms with E-state index >= 15 is 0 Å². The Hall–Kier alpha value is -3.98. The van der Waals surface area contributed by atoms with Gasteiger partial charge in [-0.05, 0) is 29.8 Å². The van der Waals surface area contributed by atoms with Gasteiger partial charge in [-0.1, -0.05) is 36.4 Å². The average Bonchev–Trinajstić information content (AvgIpc) is 2.72. The molecule has 4 rings (SSSR count). The number of ether oxygens (including phenoxy) is 2. The second kappa shape index (κ2) is 7.56. The third-order valence-corrected chi connectivity index (χ3v) is 4.74. The highest BCUT2D eigenvalue weighted by molar-refractivity contribution is 5.59. The molecule has 0 aliphatic carbocycles. The standard InChI is InChI=1S/C23H17FN2O3/c24-15-7-5-14(6-8-15)13-28-20-4-2-1-3-17(20)22-18-10-9-16(27)11-21(18)29-23(26)19(22)12-25/h1-11,22,27H,13,26H2. The molecule has 0 fully saturated rings. The highest BCUT2D eigenvalue weighted by Crippen LogP contribution is 2.45. The lowest BCUT2D eigenvalue weighted by atomic mass is 9.83. The van der Waals surface area contributed by atoms with Crippen LogP contribution in [0.4, 0.5) is 4.39 Å². The van der Waals surface area contributed by atoms with E-state index in [1.807, 2.05) is 18.2 Å². The average molecular weight is 388 g/mol. The fourth-order valence-corrected chi connectivity index (χ4v) is 3.36. The number of nitrogens with zero attached hydrogens (tertiary/aromatic N) is 1. The van der Waals surface area contributed by atoms with Crippen molar-refractivity contribution in [2.45, 2.75) is 12.5 Å². The molecular formula is C23H17FN2O3. The van der Waals surface area contributed by atoms with Gasteiger partial charge in [0.15, 0.2) is 0 Å². The lowest BCUT2D eigenvalue weighted by Crippen LogP contribution is -2.21. The first-order valence-corrected chi connectivity index (χ1v) is 8.93. The highest BCUT2D eigenvalue weighted by Gasteiger charge is 2.32. The number of allylic oxidation sites excluding steroid dienone is 1. The van der Waals surface area contributed by atoms with Gasteiger partial charge in [-0.15, -0.1) is 0 Å². The molecule has 144 valence electrons. The molecule has 0 radical (unpaired) electrons. The summed E-state index contributed by atoms with van der Waals surface area (Å²) in [6, 6.07) is 20.3. The van der Waals surface area contributed by atoms with E-state index in [-0.39, 0.29) is 29.6 Å². The van der Waals surface area contributed by atoms with Crippen LogP contribution >= 0.6 is 0 Å². The zero-order chi connectivity index (χ0) is 20.4. The molecule has 0 saturated carbocycles. The predicted molar refractivity (Wildman–Crippen MR) is 105 cm³/mol. The Balaban J connectivity index is 1.74. The second-order valence-corrected chi connectivity index (χ2v) is 6.60. The van der Waals surface area contributed by atoms with Crippen LogP contribution in [-0.4, -0.2) is 5.11 Å². The Morgan fingerprint density at radius 3 is 2.59 bits per heavy atom. The quantitative estimate of drug-likeness (QED) is 0.695. The second-order valence-electron chi connectivity index (χ2n) is 6.60. The summed E-state index contributed by atoms with van der Waals surface area (Å²) in [6.45, 7) is 0.240. The molecule has 5 nitrogen and oxygen atoms in total. The van der Waals surface area contributed by atoms with Gasteiger partial charge in [-0.3, -0.25) is 0 Å². The van der Waals surface area contributed by atoms with Gasteiger partial charge in [-0.25, -0.2) is 4.39 Å². The molecule has 1 aliphatic rings. The first-order chi connectivity index (χ1) is 14.1. The molecule has 1 atom stereocenters. The number of aromatic hydroxyl groups is 1. The number of halogens is 1. The summed E-state index contributed by atoms with van der Waals surface area (Å²) in [7, 11) is 0. The molecular weight excluding hydrogens is 371 g/mol. The van der Waals surface area contributed by atoms with Crippen molar-refractivity contribution in [3.63, 3.8) is 0 Å². The molecule has 3 aromatic rings. The monoisotopic (exact) mass is 388 g/mol. The van der Waals surface area contributed by atoms with Crippen LogP contribution in [0.15, 0.2) is 78.2 Å². The van der Waals surface area contributed by atoms with Gasteiger partial charge in [0, 0.05) is 17.2 Å². The number of hydrogen-bond donors (Lipinski definition) is 2. The number of nitriles is 1. The maximum atomic E-state index is 13.1. The van der Waals surface area contributed by atoms with Crippen LogP contribution in [-0.2, 0) is 6.61 Å². The maximum absolute atomic E-state index is 13.1. The third-order valence-electron chi connectivity index (χ3n) is 4.74. The van der Waals surface area contributed by atoms with Crippen LogP contribution in [0, 0.1) is 17.1 Å². The molecule has 29 heavy (non-hydrogen) atoms. The summed E-state index contributed by atoms with van der Waals surface area (Å²) in [6.07, 6.45) is 0. The van der Waals surface area contributed by atoms with Crippen LogP contribution in [0.2, 0.25) is 0 Å². The minimum atomic E-state index is -0.506. The van der Waals surface area contributed by atoms with Crippen LogP contribution < -0.4 is 15.2 Å². The van der Waals surface area contributed by atoms with E-state index in [1.54, 1.807) is 24.3 Å². The van der Waals surface area contributed by atoms with Gasteiger partial charge in [0.05, 0.1) is 5.92 Å². The van der Waals surface area contributed by atoms with Crippen molar-refractivity contribution < 1.29 is 19.0 Å². The summed E-state index contributed by atoms with van der Waals surface area (Å²) >= 11 is 0. The van der Waals surface area contributed by atoms with Crippen LogP contribution in [0.1, 0.15) is 22.6 Å². The van der Waals surface area contributed by atoms with Gasteiger partial charge < -0.3 is 20.3 Å². The Morgan fingerprint density at radius 1 is 1.07 bits per heavy atom. The molecule has 0 amide bonds. The van der Waals surface area contributed by atoms with E-state index < -0.39 is 5.92 Å². The molecule has 3 N–H and O–H groups in total. The van der Waals surface area contributed by atoms with Crippen molar-refractivity contribution in [3.05, 3.63) is 101 Å². The smallest absolute Gasteiger partial charge is 0.205 e. The maximum Gasteiger partial charge on any atom is 0.205 e. The number of hydrogen-bond acceptors (Lipinski definition) is 5. The molecule has 0 aromatic heterocycles. The molecule has 1 aliphatic heterocycles. The van der Waals surface area contributed by atoms with Crippen LogP contribution in [0.25, 0.3) is 0 Å². The third kappa shape index (κ3) is 3.58. The zero-order valence-electron chi connectivity index (χ0n) is 15.3. The Kier molecular flexibility index (Phi) is 4.80. The van der Waals surface area contributed by atoms with E-state index in [0.717, 1.165) is 11.1 Å². The number of para-hydroxylation sites is 1. The predicted octanol–water partition coefficient (Wildman–Crippen LogP) is 4.33. The van der Waals surface area contributed by atoms with E-state index in [9.17, 15) is 14.8 Å². The van der Waals surface area contributed by atoms with Crippen molar-refractivity contribution in [1.82, 2.24) is 0 Å². The largest absolute Gasteiger partial charge is 0.508 e. The van der Waals surface area contributed by atoms with Crippen molar-refractivity contribution in [3.8, 4) is 23.3 Å². The highest BCUT2D eigenvalue weighted by atomic mass is 19.1. The minimum Gasteiger partial charge on any atom is -0.508 e. The summed E-state index contributed by atoms with van der Waals surface area (Å²) in [5.74, 6) is 0.174. The number of rotatable bonds is 4. The number of phenols is 1. The van der Waals surface area contributed by atoms with E-state index in [2.05, 4.69) is 6.07 Å². The van der Waals surface area contributed by atoms with Gasteiger partial charge >= 0.3 is 0 Å². The SMILES string of the molecule is N#CC1=C(N)Oc2cc(O)ccc2C1c1ccccc1OCc1ccc(F)cc1. The van der Waals surface area contributed by atoms with E-state index in [0.29, 0.717) is 17.1 Å². The van der Waals surface area contributed by atoms with Crippen molar-refractivity contribution in [1.29, 1.82) is 5.26 Å². The fraction of sp³-hybridized carbons (Fsp3) is 0.0870. The van der Waals surface area contributed by atoms with Crippen LogP contribution in [0.3, 0.4) is 0 Å². The van der Waals surface area contributed by atoms with Gasteiger partial charge in [0.1, 0.15) is 41.3 Å². The van der Waals surface area contributed by atoms with Gasteiger partial charge in [0.2, 0.25) is 5.88 Å². The number of benzene rings is 3. The van der Waals surface area contributed by atoms with Crippen molar-refractivity contribution >= 4 is 0 Å². The topological polar surface area (TPSA) is 88.5 Å². The summed E-state index contributed by atoms with van der Waals surface area (Å²) in [5, 5.41) is 19.5. The summed E-state index contributed by atoms with van der Waals surface area (Å²) in [4.78, 5) is 0. The molecule has 0 saturated heterocycles. The molecule has 3 aromatic carbocycles. The number of fused-ring (bicyclic) bond motifs is 1. The zero-order valence-corrected chi connectivity index (χ0v) is 15.3. The Bertz CT molecular complexity index is 1130. The molecule has 1 heterocycles. The van der Waals surface area contributed by atoms with E-state index in [4.69, 9.17) is 15.2 Å². The number of nitrogens with two attached hydrogens (primary N) is 1. The van der Waals surface area contributed by atoms with E-state index in [1.165, 1.54) is 24.3 Å². The lowest BCUT2D eigenvalue weighted by molar-refractivity contribution is 0.301. The normalized spacial score (nSPS) is 15.2. The fourth-order valence-electron chi connectivity index (χ4n) is 3.36. The van der Waals surface area contributed by atoms with Gasteiger partial charge in [0.25, 0.3) is 0 Å². The Labute approximate surface area is 167 Å². The molecule has 0 bridgehead atoms. The molecule has 6 heteroatoms. The summed E-state index contributed by atoms with van der Waals surface area (Å²) < 4.78 is 24.7. The lowest BCUT2D eigenvalue weighted by Gasteiger charge is -2.27. The summed E-state index contributed by atoms with van der Waals surface area (Å²) in [5.41, 5.74) is 8.51.